The molecule has 0 spiro atoms. The van der Waals surface area contributed by atoms with Gasteiger partial charge < -0.3 is 0 Å². The molecule has 0 fully saturated rings. The highest BCUT2D eigenvalue weighted by Gasteiger charge is 2.24. The predicted molar refractivity (Wildman–Crippen MR) is 526 cm³/mol. The Morgan fingerprint density at radius 3 is 0.770 bits per heavy atom. The highest BCUT2D eigenvalue weighted by Crippen LogP contribution is 2.48. The smallest absolute Gasteiger partial charge is 0.0998 e. The fourth-order valence-corrected chi connectivity index (χ4v) is 19.0. The van der Waals surface area contributed by atoms with Crippen molar-refractivity contribution < 1.29 is 0 Å². The molecule has 0 radical (unpaired) electrons. The highest BCUT2D eigenvalue weighted by molar-refractivity contribution is 6.22. The van der Waals surface area contributed by atoms with E-state index in [0.29, 0.717) is 16.7 Å². The molecular formula is C120H72N6. The van der Waals surface area contributed by atoms with Gasteiger partial charge in [0.05, 0.1) is 68.5 Å². The molecule has 3 aromatic heterocycles. The van der Waals surface area contributed by atoms with Crippen LogP contribution in [0.25, 0.3) is 230 Å². The van der Waals surface area contributed by atoms with E-state index < -0.39 is 0 Å². The average molecular weight is 1600 g/mol. The van der Waals surface area contributed by atoms with Gasteiger partial charge in [-0.25, -0.2) is 15.0 Å². The van der Waals surface area contributed by atoms with Crippen LogP contribution in [-0.4, -0.2) is 15.0 Å². The van der Waals surface area contributed by atoms with Crippen LogP contribution in [0.15, 0.2) is 437 Å². The summed E-state index contributed by atoms with van der Waals surface area (Å²) >= 11 is 0. The quantitative estimate of drug-likeness (QED) is 0.133. The van der Waals surface area contributed by atoms with Gasteiger partial charge in [-0.1, -0.05) is 370 Å². The summed E-state index contributed by atoms with van der Waals surface area (Å²) in [5.74, 6) is 0. The first-order valence-corrected chi connectivity index (χ1v) is 42.4. The van der Waals surface area contributed by atoms with Crippen molar-refractivity contribution in [2.24, 2.45) is 0 Å². The van der Waals surface area contributed by atoms with E-state index in [4.69, 9.17) is 15.0 Å². The number of benzene rings is 21. The maximum absolute atomic E-state index is 10.1. The zero-order valence-corrected chi connectivity index (χ0v) is 68.3. The monoisotopic (exact) mass is 1600 g/mol. The fraction of sp³-hybridized carbons (Fsp3) is 0. The SMILES string of the molecule is N#Cc1ccc(-c2cc(-c3cccc4ccccc34)nc3c2cc(-c2cccc4ccccc24)c2ccccc23)cc1.N#Cc1cccc(-c2cc(-c3cccc4ccccc34)nc3c2cc(-c2cccc4ccccc24)c2ccccc23)c1.N#Cc1ccccc1-c1cc(-c2cccc3ccccc23)nc2c1cc(-c1cccc3ccccc13)c1ccccc12. The zero-order chi connectivity index (χ0) is 84.1. The Kier molecular flexibility index (Phi) is 19.0. The van der Waals surface area contributed by atoms with Crippen LogP contribution in [0.2, 0.25) is 0 Å². The largest absolute Gasteiger partial charge is 0.247 e. The van der Waals surface area contributed by atoms with Gasteiger partial charge in [0.1, 0.15) is 0 Å². The van der Waals surface area contributed by atoms with Gasteiger partial charge in [-0.05, 0) is 209 Å². The Hall–Kier alpha value is -17.3. The van der Waals surface area contributed by atoms with Crippen molar-refractivity contribution >= 4 is 130 Å². The summed E-state index contributed by atoms with van der Waals surface area (Å²) in [6.45, 7) is 0. The number of fused-ring (bicyclic) bond motifs is 15. The van der Waals surface area contributed by atoms with Crippen LogP contribution in [0.1, 0.15) is 16.7 Å². The molecule has 6 nitrogen and oxygen atoms in total. The molecule has 3 heterocycles. The number of nitrogens with zero attached hydrogens (tertiary/aromatic N) is 6. The summed E-state index contributed by atoms with van der Waals surface area (Å²) in [4.78, 5) is 16.2. The first-order valence-electron chi connectivity index (χ1n) is 42.4. The molecule has 0 aliphatic heterocycles. The lowest BCUT2D eigenvalue weighted by atomic mass is 9.88. The Morgan fingerprint density at radius 2 is 0.413 bits per heavy atom. The minimum absolute atomic E-state index is 0.638. The number of nitriles is 3. The van der Waals surface area contributed by atoms with Crippen LogP contribution in [0.3, 0.4) is 0 Å². The second kappa shape index (κ2) is 32.0. The molecule has 24 rings (SSSR count). The Labute approximate surface area is 727 Å². The van der Waals surface area contributed by atoms with Crippen molar-refractivity contribution in [3.63, 3.8) is 0 Å². The lowest BCUT2D eigenvalue weighted by molar-refractivity contribution is 1.41. The first-order chi connectivity index (χ1) is 62.4. The van der Waals surface area contributed by atoms with Crippen LogP contribution in [0.4, 0.5) is 0 Å². The molecular weight excluding hydrogens is 1530 g/mol. The van der Waals surface area contributed by atoms with Crippen molar-refractivity contribution in [1.29, 1.82) is 15.8 Å². The highest BCUT2D eigenvalue weighted by atomic mass is 14.7. The normalized spacial score (nSPS) is 11.3. The maximum atomic E-state index is 10.1. The van der Waals surface area contributed by atoms with Gasteiger partial charge in [0.15, 0.2) is 0 Å². The third kappa shape index (κ3) is 13.3. The van der Waals surface area contributed by atoms with Crippen molar-refractivity contribution in [2.45, 2.75) is 0 Å². The second-order valence-electron chi connectivity index (χ2n) is 32.0. The number of hydrogen-bond donors (Lipinski definition) is 0. The number of hydrogen-bond acceptors (Lipinski definition) is 6. The first kappa shape index (κ1) is 74.9. The van der Waals surface area contributed by atoms with E-state index >= 15 is 0 Å². The van der Waals surface area contributed by atoms with E-state index in [2.05, 4.69) is 388 Å². The summed E-state index contributed by atoms with van der Waals surface area (Å²) in [5, 5.41) is 53.7. The number of rotatable bonds is 9. The van der Waals surface area contributed by atoms with E-state index in [9.17, 15) is 15.8 Å². The third-order valence-corrected chi connectivity index (χ3v) is 24.9. The molecule has 6 heteroatoms. The van der Waals surface area contributed by atoms with Gasteiger partial charge in [0.2, 0.25) is 0 Å². The summed E-state index contributed by atoms with van der Waals surface area (Å²) in [5.41, 5.74) is 24.0. The van der Waals surface area contributed by atoms with E-state index in [1.54, 1.807) is 0 Å². The molecule has 0 unspecified atom stereocenters. The molecule has 0 amide bonds. The Morgan fingerprint density at radius 1 is 0.151 bits per heavy atom. The van der Waals surface area contributed by atoms with E-state index in [0.717, 1.165) is 132 Å². The Bertz CT molecular complexity index is 8690. The molecule has 24 aromatic rings. The Balaban J connectivity index is 0.000000112. The predicted octanol–water partition coefficient (Wildman–Crippen LogP) is 31.7. The van der Waals surface area contributed by atoms with Gasteiger partial charge in [-0.3, -0.25) is 0 Å². The van der Waals surface area contributed by atoms with Gasteiger partial charge in [0, 0.05) is 54.6 Å². The van der Waals surface area contributed by atoms with Gasteiger partial charge in [0.25, 0.3) is 0 Å². The molecule has 126 heavy (non-hydrogen) atoms. The minimum Gasteiger partial charge on any atom is -0.247 e. The number of aromatic nitrogens is 3. The van der Waals surface area contributed by atoms with Gasteiger partial charge in [-0.15, -0.1) is 0 Å². The number of pyridine rings is 3. The van der Waals surface area contributed by atoms with E-state index in [1.165, 1.54) is 97.8 Å². The summed E-state index contributed by atoms with van der Waals surface area (Å²) < 4.78 is 0. The van der Waals surface area contributed by atoms with Crippen molar-refractivity contribution in [1.82, 2.24) is 15.0 Å². The van der Waals surface area contributed by atoms with E-state index in [1.807, 2.05) is 66.7 Å². The second-order valence-corrected chi connectivity index (χ2v) is 32.0. The van der Waals surface area contributed by atoms with Crippen molar-refractivity contribution in [3.8, 4) is 119 Å². The summed E-state index contributed by atoms with van der Waals surface area (Å²) in [6, 6.07) is 160. The molecule has 21 aromatic carbocycles. The van der Waals surface area contributed by atoms with Crippen LogP contribution in [0.5, 0.6) is 0 Å². The molecule has 0 N–H and O–H groups in total. The van der Waals surface area contributed by atoms with Gasteiger partial charge in [-0.2, -0.15) is 15.8 Å². The minimum atomic E-state index is 0.638. The summed E-state index contributed by atoms with van der Waals surface area (Å²) in [7, 11) is 0. The lowest BCUT2D eigenvalue weighted by Gasteiger charge is -2.17. The topological polar surface area (TPSA) is 110 Å². The van der Waals surface area contributed by atoms with Crippen LogP contribution in [0, 0.1) is 34.0 Å². The lowest BCUT2D eigenvalue weighted by Crippen LogP contribution is -1.95. The van der Waals surface area contributed by atoms with Crippen molar-refractivity contribution in [3.05, 3.63) is 453 Å². The third-order valence-electron chi connectivity index (χ3n) is 24.9. The van der Waals surface area contributed by atoms with Crippen molar-refractivity contribution in [2.75, 3.05) is 0 Å². The zero-order valence-electron chi connectivity index (χ0n) is 68.3. The molecule has 0 saturated heterocycles. The standard InChI is InChI=1S/3C40H24N2/c41-25-28-13-3-6-18-31(28)37-24-39(34-22-10-15-27-12-2-5-17-30(27)34)42-40-35-20-8-7-19-33(35)36(23-38(37)40)32-21-9-14-26-11-1-4-16-29(26)32;41-25-26-10-7-15-29(22-26)36-24-39(34-21-9-14-28-12-2-4-17-31(28)34)42-40-35-19-6-5-18-33(35)37(23-38(36)40)32-20-8-13-27-11-1-3-16-30(27)32;41-25-26-19-21-29(22-20-26)36-24-39(34-18-8-12-28-10-2-4-14-31(28)34)42-40-35-16-6-5-15-33(35)37(23-38(36)40)32-17-7-11-27-9-1-3-13-30(27)32/h3*1-24H. The molecule has 0 aliphatic carbocycles. The van der Waals surface area contributed by atoms with Crippen LogP contribution in [-0.2, 0) is 0 Å². The van der Waals surface area contributed by atoms with E-state index in [-0.39, 0.29) is 0 Å². The fourth-order valence-electron chi connectivity index (χ4n) is 19.0. The molecule has 0 atom stereocenters. The van der Waals surface area contributed by atoms with Crippen LogP contribution >= 0.6 is 0 Å². The summed E-state index contributed by atoms with van der Waals surface area (Å²) in [6.07, 6.45) is 0. The molecule has 0 bridgehead atoms. The van der Waals surface area contributed by atoms with Crippen LogP contribution < -0.4 is 0 Å². The van der Waals surface area contributed by atoms with Gasteiger partial charge >= 0.3 is 0 Å². The average Bonchev–Trinajstić information content (AvgIpc) is 0.740. The molecule has 0 aliphatic rings. The molecule has 0 saturated carbocycles. The maximum Gasteiger partial charge on any atom is 0.0998 e. The molecule has 582 valence electrons.